The summed E-state index contributed by atoms with van der Waals surface area (Å²) in [7, 11) is 1.90. The third-order valence-electron chi connectivity index (χ3n) is 3.28. The maximum atomic E-state index is 12.7. The average Bonchev–Trinajstić information content (AvgIpc) is 2.98. The normalized spacial score (nSPS) is 11.5. The third kappa shape index (κ3) is 4.61. The van der Waals surface area contributed by atoms with Crippen molar-refractivity contribution in [1.82, 2.24) is 10.3 Å². The molecule has 0 atom stereocenters. The third-order valence-corrected chi connectivity index (χ3v) is 3.28. The van der Waals surface area contributed by atoms with Crippen LogP contribution >= 0.6 is 0 Å². The van der Waals surface area contributed by atoms with Crippen molar-refractivity contribution in [1.29, 1.82) is 0 Å². The Morgan fingerprint density at radius 1 is 1.54 bits per heavy atom. The summed E-state index contributed by atoms with van der Waals surface area (Å²) in [4.78, 5) is 16.7. The lowest BCUT2D eigenvalue weighted by atomic mass is 10.3. The van der Waals surface area contributed by atoms with Crippen molar-refractivity contribution in [2.24, 2.45) is 0 Å². The second-order valence-corrected chi connectivity index (χ2v) is 5.26. The van der Waals surface area contributed by atoms with Gasteiger partial charge in [-0.05, 0) is 18.6 Å². The van der Waals surface area contributed by atoms with Gasteiger partial charge in [0, 0.05) is 31.8 Å². The van der Waals surface area contributed by atoms with Gasteiger partial charge in [0.1, 0.15) is 17.9 Å². The number of hydrogen-bond acceptors (Lipinski definition) is 5. The fourth-order valence-electron chi connectivity index (χ4n) is 2.06. The summed E-state index contributed by atoms with van der Waals surface area (Å²) >= 11 is 0. The van der Waals surface area contributed by atoms with E-state index in [-0.39, 0.29) is 18.7 Å². The van der Waals surface area contributed by atoms with Gasteiger partial charge in [-0.3, -0.25) is 0 Å². The van der Waals surface area contributed by atoms with E-state index in [0.29, 0.717) is 29.2 Å². The molecule has 24 heavy (non-hydrogen) atoms. The molecule has 0 saturated carbocycles. The summed E-state index contributed by atoms with van der Waals surface area (Å²) in [5.41, 5.74) is 1.45. The van der Waals surface area contributed by atoms with Crippen LogP contribution in [0.2, 0.25) is 0 Å². The van der Waals surface area contributed by atoms with Gasteiger partial charge in [-0.1, -0.05) is 6.92 Å². The Morgan fingerprint density at radius 2 is 2.33 bits per heavy atom. The minimum absolute atomic E-state index is 0.0704. The molecule has 130 valence electrons. The lowest BCUT2D eigenvalue weighted by molar-refractivity contribution is 0.195. The maximum absolute atomic E-state index is 12.7. The zero-order valence-electron chi connectivity index (χ0n) is 13.6. The van der Waals surface area contributed by atoms with E-state index in [4.69, 9.17) is 14.3 Å². The lowest BCUT2D eigenvalue weighted by Crippen LogP contribution is -2.25. The van der Waals surface area contributed by atoms with Gasteiger partial charge in [0.25, 0.3) is 6.01 Å². The van der Waals surface area contributed by atoms with Crippen molar-refractivity contribution in [3.8, 4) is 5.75 Å². The van der Waals surface area contributed by atoms with E-state index in [0.717, 1.165) is 13.0 Å². The Hall–Kier alpha value is -2.77. The van der Waals surface area contributed by atoms with Gasteiger partial charge in [0.05, 0.1) is 6.33 Å². The molecule has 7 nitrogen and oxygen atoms in total. The van der Waals surface area contributed by atoms with E-state index >= 15 is 0 Å². The van der Waals surface area contributed by atoms with Crippen LogP contribution in [0.3, 0.4) is 0 Å². The van der Waals surface area contributed by atoms with Gasteiger partial charge in [-0.25, -0.2) is 9.18 Å². The van der Waals surface area contributed by atoms with Gasteiger partial charge >= 0.3 is 6.09 Å². The zero-order chi connectivity index (χ0) is 17.5. The first-order valence-corrected chi connectivity index (χ1v) is 7.53. The van der Waals surface area contributed by atoms with Gasteiger partial charge in [0.15, 0.2) is 5.58 Å². The molecule has 1 aromatic carbocycles. The Bertz CT molecular complexity index is 729. The smallest absolute Gasteiger partial charge is 0.404 e. The summed E-state index contributed by atoms with van der Waals surface area (Å²) in [6.07, 6.45) is 0.0914. The first-order valence-electron chi connectivity index (χ1n) is 7.53. The van der Waals surface area contributed by atoms with Crippen LogP contribution in [0.25, 0.3) is 11.1 Å². The second-order valence-electron chi connectivity index (χ2n) is 5.26. The molecule has 8 heteroatoms. The number of amides is 1. The molecule has 1 amide bonds. The Kier molecular flexibility index (Phi) is 6.00. The van der Waals surface area contributed by atoms with E-state index < -0.39 is 6.09 Å². The first kappa shape index (κ1) is 17.6. The zero-order valence-corrected chi connectivity index (χ0v) is 13.6. The number of aromatic nitrogens is 1. The predicted octanol–water partition coefficient (Wildman–Crippen LogP) is 3.17. The Labute approximate surface area is 138 Å². The van der Waals surface area contributed by atoms with Crippen LogP contribution < -0.4 is 15.0 Å². The van der Waals surface area contributed by atoms with Gasteiger partial charge in [-0.2, -0.15) is 4.98 Å². The van der Waals surface area contributed by atoms with Gasteiger partial charge in [-0.15, -0.1) is 0 Å². The van der Waals surface area contributed by atoms with Crippen LogP contribution in [-0.2, 0) is 0 Å². The highest BCUT2D eigenvalue weighted by Gasteiger charge is 2.11. The molecular weight excluding hydrogens is 317 g/mol. The van der Waals surface area contributed by atoms with Crippen molar-refractivity contribution in [2.75, 3.05) is 31.6 Å². The number of halogens is 1. The molecule has 0 bridgehead atoms. The molecule has 0 aliphatic rings. The van der Waals surface area contributed by atoms with Crippen LogP contribution in [0.1, 0.15) is 13.3 Å². The van der Waals surface area contributed by atoms with Crippen molar-refractivity contribution >= 4 is 23.2 Å². The number of oxazole rings is 1. The van der Waals surface area contributed by atoms with E-state index in [1.165, 1.54) is 0 Å². The summed E-state index contributed by atoms with van der Waals surface area (Å²) in [6.45, 7) is 2.69. The van der Waals surface area contributed by atoms with Crippen molar-refractivity contribution < 1.29 is 23.4 Å². The molecule has 0 radical (unpaired) electrons. The van der Waals surface area contributed by atoms with Crippen molar-refractivity contribution in [3.05, 3.63) is 30.1 Å². The van der Waals surface area contributed by atoms with Gasteiger partial charge < -0.3 is 24.5 Å². The number of carboxylic acid groups (broad SMARTS) is 1. The number of hydrogen-bond donors (Lipinski definition) is 2. The molecule has 1 heterocycles. The summed E-state index contributed by atoms with van der Waals surface area (Å²) in [6, 6.07) is 5.66. The number of nitrogens with zero attached hydrogens (tertiary/aromatic N) is 2. The van der Waals surface area contributed by atoms with E-state index in [2.05, 4.69) is 17.2 Å². The highest BCUT2D eigenvalue weighted by Crippen LogP contribution is 2.25. The molecular formula is C16H20FN3O4. The Morgan fingerprint density at radius 3 is 3.00 bits per heavy atom. The summed E-state index contributed by atoms with van der Waals surface area (Å²) < 4.78 is 23.9. The van der Waals surface area contributed by atoms with Crippen molar-refractivity contribution in [3.63, 3.8) is 0 Å². The highest BCUT2D eigenvalue weighted by atomic mass is 19.1. The maximum Gasteiger partial charge on any atom is 0.404 e. The number of anilines is 1. The molecule has 2 N–H and O–H groups in total. The number of rotatable bonds is 8. The summed E-state index contributed by atoms with van der Waals surface area (Å²) in [5.74, 6) is 0.484. The summed E-state index contributed by atoms with van der Waals surface area (Å²) in [5, 5.41) is 10.6. The molecule has 2 rings (SSSR count). The monoisotopic (exact) mass is 337 g/mol. The highest BCUT2D eigenvalue weighted by molar-refractivity contribution is 5.76. The molecule has 2 aromatic rings. The van der Waals surface area contributed by atoms with Crippen LogP contribution in [0.15, 0.2) is 34.5 Å². The number of nitrogens with one attached hydrogen (secondary N) is 1. The SMILES string of the molecule is CCCN(C)c1nc2ccc(OC/C(=C/F)CNC(=O)O)cc2o1. The van der Waals surface area contributed by atoms with Crippen LogP contribution in [0.4, 0.5) is 15.2 Å². The molecule has 0 spiro atoms. The van der Waals surface area contributed by atoms with Crippen molar-refractivity contribution in [2.45, 2.75) is 13.3 Å². The number of carbonyl (C=O) groups is 1. The second kappa shape index (κ2) is 8.19. The quantitative estimate of drug-likeness (QED) is 0.769. The fourth-order valence-corrected chi connectivity index (χ4v) is 2.06. The lowest BCUT2D eigenvalue weighted by Gasteiger charge is -2.11. The molecule has 0 fully saturated rings. The molecule has 0 unspecified atom stereocenters. The van der Waals surface area contributed by atoms with Crippen LogP contribution in [-0.4, -0.2) is 42.9 Å². The first-order chi connectivity index (χ1) is 11.5. The molecule has 0 saturated heterocycles. The molecule has 0 aliphatic heterocycles. The number of fused-ring (bicyclic) bond motifs is 1. The average molecular weight is 337 g/mol. The van der Waals surface area contributed by atoms with E-state index in [1.54, 1.807) is 18.2 Å². The number of ether oxygens (including phenoxy) is 1. The largest absolute Gasteiger partial charge is 0.489 e. The standard InChI is InChI=1S/C16H20FN3O4/c1-3-6-20(2)15-19-13-5-4-12(7-14(13)24-15)23-10-11(8-17)9-18-16(21)22/h4-5,7-8,18H,3,6,9-10H2,1-2H3,(H,21,22)/b11-8+. The van der Waals surface area contributed by atoms with Crippen LogP contribution in [0.5, 0.6) is 5.75 Å². The van der Waals surface area contributed by atoms with E-state index in [1.807, 2.05) is 11.9 Å². The minimum Gasteiger partial charge on any atom is -0.489 e. The topological polar surface area (TPSA) is 87.8 Å². The number of benzene rings is 1. The predicted molar refractivity (Wildman–Crippen MR) is 88.3 cm³/mol. The van der Waals surface area contributed by atoms with Gasteiger partial charge in [0.2, 0.25) is 0 Å². The Balaban J connectivity index is 2.03. The molecule has 1 aromatic heterocycles. The molecule has 0 aliphatic carbocycles. The van der Waals surface area contributed by atoms with Crippen LogP contribution in [0, 0.1) is 0 Å². The van der Waals surface area contributed by atoms with E-state index in [9.17, 15) is 9.18 Å². The minimum atomic E-state index is -1.22. The fraction of sp³-hybridized carbons (Fsp3) is 0.375.